The monoisotopic (exact) mass is 347 g/mol. The molecular formula is C21H33NO3. The van der Waals surface area contributed by atoms with Gasteiger partial charge in [0.25, 0.3) is 0 Å². The summed E-state index contributed by atoms with van der Waals surface area (Å²) < 4.78 is 5.56. The van der Waals surface area contributed by atoms with Gasteiger partial charge in [0, 0.05) is 16.8 Å². The van der Waals surface area contributed by atoms with Gasteiger partial charge >= 0.3 is 6.09 Å². The second kappa shape index (κ2) is 7.27. The van der Waals surface area contributed by atoms with E-state index in [0.29, 0.717) is 11.4 Å². The number of ether oxygens (including phenoxy) is 1. The Balaban J connectivity index is 2.26. The normalized spacial score (nSPS) is 16.6. The third kappa shape index (κ3) is 5.13. The van der Waals surface area contributed by atoms with Crippen LogP contribution in [0.1, 0.15) is 84.8 Å². The molecule has 0 unspecified atom stereocenters. The van der Waals surface area contributed by atoms with Gasteiger partial charge in [-0.25, -0.2) is 4.79 Å². The molecule has 0 aliphatic heterocycles. The van der Waals surface area contributed by atoms with Gasteiger partial charge < -0.3 is 9.84 Å². The summed E-state index contributed by atoms with van der Waals surface area (Å²) >= 11 is 0. The molecule has 4 nitrogen and oxygen atoms in total. The molecule has 0 atom stereocenters. The minimum atomic E-state index is -0.405. The molecule has 0 saturated heterocycles. The first-order valence-electron chi connectivity index (χ1n) is 9.34. The Morgan fingerprint density at radius 3 is 1.92 bits per heavy atom. The smallest absolute Gasteiger partial charge is 0.411 e. The standard InChI is InChI=1S/C21H33NO3/c1-20(2,3)16-12-14(13-17(18(16)23)21(4,5)6)22-19(24)25-15-10-8-7-9-11-15/h12-13,15,23H,7-11H2,1-6H3,(H,22,24). The quantitative estimate of drug-likeness (QED) is 0.658. The lowest BCUT2D eigenvalue weighted by Crippen LogP contribution is -2.25. The molecule has 0 radical (unpaired) electrons. The van der Waals surface area contributed by atoms with Crippen LogP contribution in [0.25, 0.3) is 0 Å². The van der Waals surface area contributed by atoms with E-state index in [1.807, 2.05) is 12.1 Å². The third-order valence-corrected chi connectivity index (χ3v) is 4.80. The maximum absolute atomic E-state index is 12.3. The summed E-state index contributed by atoms with van der Waals surface area (Å²) in [6.45, 7) is 12.3. The predicted molar refractivity (Wildman–Crippen MR) is 102 cm³/mol. The van der Waals surface area contributed by atoms with Gasteiger partial charge in [-0.2, -0.15) is 0 Å². The minimum Gasteiger partial charge on any atom is -0.507 e. The van der Waals surface area contributed by atoms with Crippen LogP contribution < -0.4 is 5.32 Å². The lowest BCUT2D eigenvalue weighted by molar-refractivity contribution is 0.0865. The van der Waals surface area contributed by atoms with Crippen LogP contribution in [0.3, 0.4) is 0 Å². The van der Waals surface area contributed by atoms with Crippen molar-refractivity contribution < 1.29 is 14.6 Å². The summed E-state index contributed by atoms with van der Waals surface area (Å²) in [5.74, 6) is 0.311. The molecule has 4 heteroatoms. The maximum atomic E-state index is 12.3. The van der Waals surface area contributed by atoms with Gasteiger partial charge in [-0.05, 0) is 48.6 Å². The summed E-state index contributed by atoms with van der Waals surface area (Å²) in [6.07, 6.45) is 4.99. The number of hydrogen-bond donors (Lipinski definition) is 2. The van der Waals surface area contributed by atoms with E-state index in [1.54, 1.807) is 0 Å². The number of phenols is 1. The van der Waals surface area contributed by atoms with E-state index in [1.165, 1.54) is 6.42 Å². The first-order chi connectivity index (χ1) is 11.5. The molecule has 2 N–H and O–H groups in total. The molecule has 0 aromatic heterocycles. The Labute approximate surface area is 152 Å². The fourth-order valence-corrected chi connectivity index (χ4v) is 3.33. The molecule has 0 spiro atoms. The first-order valence-corrected chi connectivity index (χ1v) is 9.34. The second-order valence-electron chi connectivity index (χ2n) is 9.21. The second-order valence-corrected chi connectivity index (χ2v) is 9.21. The van der Waals surface area contributed by atoms with Crippen molar-refractivity contribution in [2.24, 2.45) is 0 Å². The van der Waals surface area contributed by atoms with Crippen molar-refractivity contribution in [1.29, 1.82) is 0 Å². The van der Waals surface area contributed by atoms with Crippen molar-refractivity contribution in [3.63, 3.8) is 0 Å². The Hall–Kier alpha value is -1.71. The average Bonchev–Trinajstić information content (AvgIpc) is 2.47. The number of nitrogens with one attached hydrogen (secondary N) is 1. The van der Waals surface area contributed by atoms with E-state index in [2.05, 4.69) is 46.9 Å². The number of rotatable bonds is 2. The molecule has 0 heterocycles. The van der Waals surface area contributed by atoms with E-state index < -0.39 is 6.09 Å². The molecule has 2 rings (SSSR count). The highest BCUT2D eigenvalue weighted by Gasteiger charge is 2.27. The molecule has 140 valence electrons. The van der Waals surface area contributed by atoms with Crippen molar-refractivity contribution >= 4 is 11.8 Å². The highest BCUT2D eigenvalue weighted by molar-refractivity contribution is 5.85. The molecule has 1 aromatic rings. The predicted octanol–water partition coefficient (Wildman–Crippen LogP) is 5.87. The molecule has 0 bridgehead atoms. The first kappa shape index (κ1) is 19.6. The van der Waals surface area contributed by atoms with Gasteiger partial charge in [-0.3, -0.25) is 5.32 Å². The van der Waals surface area contributed by atoms with Crippen LogP contribution in [0.5, 0.6) is 5.75 Å². The van der Waals surface area contributed by atoms with Crippen LogP contribution in [0, 0.1) is 0 Å². The zero-order valence-electron chi connectivity index (χ0n) is 16.5. The largest absolute Gasteiger partial charge is 0.507 e. The van der Waals surface area contributed by atoms with Crippen LogP contribution in [0.4, 0.5) is 10.5 Å². The maximum Gasteiger partial charge on any atom is 0.411 e. The van der Waals surface area contributed by atoms with Gasteiger partial charge in [0.05, 0.1) is 0 Å². The summed E-state index contributed by atoms with van der Waals surface area (Å²) in [6, 6.07) is 3.71. The Bertz CT molecular complexity index is 582. The average molecular weight is 347 g/mol. The topological polar surface area (TPSA) is 58.6 Å². The van der Waals surface area contributed by atoms with Gasteiger partial charge in [-0.1, -0.05) is 48.0 Å². The summed E-state index contributed by atoms with van der Waals surface area (Å²) in [7, 11) is 0. The van der Waals surface area contributed by atoms with Gasteiger partial charge in [0.1, 0.15) is 11.9 Å². The Morgan fingerprint density at radius 1 is 1.00 bits per heavy atom. The molecular weight excluding hydrogens is 314 g/mol. The number of phenolic OH excluding ortho intramolecular Hbond substituents is 1. The highest BCUT2D eigenvalue weighted by Crippen LogP contribution is 2.41. The SMILES string of the molecule is CC(C)(C)c1cc(NC(=O)OC2CCCCC2)cc(C(C)(C)C)c1O. The van der Waals surface area contributed by atoms with Gasteiger partial charge in [-0.15, -0.1) is 0 Å². The van der Waals surface area contributed by atoms with Crippen LogP contribution in [-0.4, -0.2) is 17.3 Å². The molecule has 1 fully saturated rings. The molecule has 1 aliphatic rings. The number of carbonyl (C=O) groups is 1. The number of anilines is 1. The Kier molecular flexibility index (Phi) is 5.70. The van der Waals surface area contributed by atoms with Crippen molar-refractivity contribution in [3.05, 3.63) is 23.3 Å². The van der Waals surface area contributed by atoms with Gasteiger partial charge in [0.2, 0.25) is 0 Å². The van der Waals surface area contributed by atoms with Crippen LogP contribution in [0.15, 0.2) is 12.1 Å². The molecule has 1 aromatic carbocycles. The van der Waals surface area contributed by atoms with E-state index in [4.69, 9.17) is 4.74 Å². The lowest BCUT2D eigenvalue weighted by Gasteiger charge is -2.28. The molecule has 1 aliphatic carbocycles. The highest BCUT2D eigenvalue weighted by atomic mass is 16.6. The number of aromatic hydroxyl groups is 1. The van der Waals surface area contributed by atoms with Crippen LogP contribution in [-0.2, 0) is 15.6 Å². The van der Waals surface area contributed by atoms with Crippen molar-refractivity contribution in [2.75, 3.05) is 5.32 Å². The summed E-state index contributed by atoms with van der Waals surface area (Å²) in [5, 5.41) is 13.6. The molecule has 1 amide bonds. The van der Waals surface area contributed by atoms with Crippen molar-refractivity contribution in [1.82, 2.24) is 0 Å². The van der Waals surface area contributed by atoms with E-state index in [-0.39, 0.29) is 16.9 Å². The number of carbonyl (C=O) groups excluding carboxylic acids is 1. The molecule has 1 saturated carbocycles. The third-order valence-electron chi connectivity index (χ3n) is 4.80. The van der Waals surface area contributed by atoms with E-state index in [9.17, 15) is 9.90 Å². The van der Waals surface area contributed by atoms with E-state index >= 15 is 0 Å². The number of benzene rings is 1. The fraction of sp³-hybridized carbons (Fsp3) is 0.667. The van der Waals surface area contributed by atoms with Gasteiger partial charge in [0.15, 0.2) is 0 Å². The fourth-order valence-electron chi connectivity index (χ4n) is 3.33. The lowest BCUT2D eigenvalue weighted by atomic mass is 9.79. The minimum absolute atomic E-state index is 0.0232. The molecule has 25 heavy (non-hydrogen) atoms. The Morgan fingerprint density at radius 2 is 1.48 bits per heavy atom. The van der Waals surface area contributed by atoms with Crippen LogP contribution >= 0.6 is 0 Å². The zero-order valence-corrected chi connectivity index (χ0v) is 16.5. The van der Waals surface area contributed by atoms with Crippen molar-refractivity contribution in [2.45, 2.75) is 90.6 Å². The number of hydrogen-bond acceptors (Lipinski definition) is 3. The van der Waals surface area contributed by atoms with E-state index in [0.717, 1.165) is 36.8 Å². The van der Waals surface area contributed by atoms with Crippen molar-refractivity contribution in [3.8, 4) is 5.75 Å². The number of amides is 1. The summed E-state index contributed by atoms with van der Waals surface area (Å²) in [5.41, 5.74) is 1.87. The van der Waals surface area contributed by atoms with Crippen LogP contribution in [0.2, 0.25) is 0 Å². The summed E-state index contributed by atoms with van der Waals surface area (Å²) in [4.78, 5) is 12.3. The zero-order chi connectivity index (χ0) is 18.8.